The van der Waals surface area contributed by atoms with Crippen LogP contribution >= 0.6 is 11.6 Å². The smallest absolute Gasteiger partial charge is 0.119 e. The van der Waals surface area contributed by atoms with E-state index >= 15 is 0 Å². The van der Waals surface area contributed by atoms with Crippen LogP contribution in [0.15, 0.2) is 36.4 Å². The third-order valence-electron chi connectivity index (χ3n) is 2.77. The van der Waals surface area contributed by atoms with E-state index in [0.29, 0.717) is 0 Å². The number of nitrogens with one attached hydrogen (secondary N) is 1. The molecule has 80 valence electrons. The van der Waals surface area contributed by atoms with Crippen LogP contribution in [0, 0.1) is 0 Å². The topological polar surface area (TPSA) is 25.0 Å². The summed E-state index contributed by atoms with van der Waals surface area (Å²) in [4.78, 5) is 3.34. The second-order valence-corrected chi connectivity index (χ2v) is 4.16. The van der Waals surface area contributed by atoms with Crippen LogP contribution in [0.4, 0.5) is 0 Å². The van der Waals surface area contributed by atoms with Gasteiger partial charge >= 0.3 is 0 Å². The number of halogens is 1. The van der Waals surface area contributed by atoms with Gasteiger partial charge in [-0.25, -0.2) is 0 Å². The van der Waals surface area contributed by atoms with Gasteiger partial charge in [0.05, 0.1) is 7.11 Å². The van der Waals surface area contributed by atoms with Crippen molar-refractivity contribution in [2.24, 2.45) is 0 Å². The first-order valence-electron chi connectivity index (χ1n) is 5.03. The lowest BCUT2D eigenvalue weighted by molar-refractivity contribution is 0.415. The molecule has 1 N–H and O–H groups in total. The largest absolute Gasteiger partial charge is 0.497 e. The van der Waals surface area contributed by atoms with Crippen molar-refractivity contribution in [2.75, 3.05) is 7.11 Å². The molecule has 1 aromatic heterocycles. The van der Waals surface area contributed by atoms with Gasteiger partial charge in [0, 0.05) is 26.8 Å². The van der Waals surface area contributed by atoms with Crippen molar-refractivity contribution in [3.05, 3.63) is 41.4 Å². The molecule has 0 aliphatic carbocycles. The number of aromatic amines is 1. The average Bonchev–Trinajstić information content (AvgIpc) is 2.66. The molecule has 3 aromatic rings. The highest BCUT2D eigenvalue weighted by Gasteiger charge is 2.05. The molecule has 0 fully saturated rings. The van der Waals surface area contributed by atoms with Gasteiger partial charge in [0.1, 0.15) is 5.75 Å². The minimum absolute atomic E-state index is 0.746. The lowest BCUT2D eigenvalue weighted by Crippen LogP contribution is -1.80. The van der Waals surface area contributed by atoms with Gasteiger partial charge in [-0.15, -0.1) is 0 Å². The number of aromatic nitrogens is 1. The number of hydrogen-bond acceptors (Lipinski definition) is 1. The molecule has 2 aromatic carbocycles. The van der Waals surface area contributed by atoms with E-state index in [1.165, 1.54) is 0 Å². The molecule has 1 heterocycles. The molecule has 0 aliphatic heterocycles. The first kappa shape index (κ1) is 9.55. The third kappa shape index (κ3) is 1.34. The molecule has 0 amide bonds. The fraction of sp³-hybridized carbons (Fsp3) is 0.0769. The molecule has 0 bridgehead atoms. The number of H-pyrrole nitrogens is 1. The second kappa shape index (κ2) is 3.42. The van der Waals surface area contributed by atoms with Crippen LogP contribution in [-0.4, -0.2) is 12.1 Å². The summed E-state index contributed by atoms with van der Waals surface area (Å²) in [5.74, 6) is 0.855. The molecule has 3 heteroatoms. The van der Waals surface area contributed by atoms with Gasteiger partial charge in [0.2, 0.25) is 0 Å². The Bertz CT molecular complexity index is 672. The summed E-state index contributed by atoms with van der Waals surface area (Å²) < 4.78 is 5.22. The maximum absolute atomic E-state index is 6.00. The van der Waals surface area contributed by atoms with Crippen molar-refractivity contribution in [2.45, 2.75) is 0 Å². The Morgan fingerprint density at radius 3 is 2.44 bits per heavy atom. The zero-order valence-electron chi connectivity index (χ0n) is 8.75. The molecule has 0 spiro atoms. The Kier molecular flexibility index (Phi) is 2.04. The van der Waals surface area contributed by atoms with E-state index in [0.717, 1.165) is 32.6 Å². The maximum Gasteiger partial charge on any atom is 0.119 e. The number of rotatable bonds is 1. The Morgan fingerprint density at radius 2 is 1.69 bits per heavy atom. The van der Waals surface area contributed by atoms with Gasteiger partial charge in [-0.05, 0) is 36.4 Å². The van der Waals surface area contributed by atoms with E-state index in [1.807, 2.05) is 36.4 Å². The SMILES string of the molecule is COc1ccc2[nH]c3ccc(Cl)cc3c2c1. The van der Waals surface area contributed by atoms with Crippen LogP contribution in [0.3, 0.4) is 0 Å². The zero-order chi connectivity index (χ0) is 11.1. The Balaban J connectivity index is 2.44. The lowest BCUT2D eigenvalue weighted by Gasteiger charge is -1.98. The van der Waals surface area contributed by atoms with Crippen molar-refractivity contribution in [1.29, 1.82) is 0 Å². The number of benzene rings is 2. The van der Waals surface area contributed by atoms with Gasteiger partial charge in [0.25, 0.3) is 0 Å². The lowest BCUT2D eigenvalue weighted by atomic mass is 10.1. The normalized spacial score (nSPS) is 11.1. The molecular weight excluding hydrogens is 222 g/mol. The van der Waals surface area contributed by atoms with Gasteiger partial charge in [-0.1, -0.05) is 11.6 Å². The predicted octanol–water partition coefficient (Wildman–Crippen LogP) is 3.98. The van der Waals surface area contributed by atoms with E-state index in [4.69, 9.17) is 16.3 Å². The molecule has 0 aliphatic rings. The fourth-order valence-electron chi connectivity index (χ4n) is 1.98. The standard InChI is InChI=1S/C13H10ClNO/c1-16-9-3-5-13-11(7-9)10-6-8(14)2-4-12(10)15-13/h2-7,15H,1H3. The van der Waals surface area contributed by atoms with Crippen LogP contribution < -0.4 is 4.74 Å². The molecular formula is C13H10ClNO. The fourth-order valence-corrected chi connectivity index (χ4v) is 2.15. The van der Waals surface area contributed by atoms with Crippen molar-refractivity contribution < 1.29 is 4.74 Å². The minimum Gasteiger partial charge on any atom is -0.497 e. The van der Waals surface area contributed by atoms with Gasteiger partial charge < -0.3 is 9.72 Å². The molecule has 0 unspecified atom stereocenters. The quantitative estimate of drug-likeness (QED) is 0.673. The summed E-state index contributed by atoms with van der Waals surface area (Å²) in [5.41, 5.74) is 2.19. The second-order valence-electron chi connectivity index (χ2n) is 3.73. The van der Waals surface area contributed by atoms with Crippen LogP contribution in [0.5, 0.6) is 5.75 Å². The highest BCUT2D eigenvalue weighted by atomic mass is 35.5. The minimum atomic E-state index is 0.746. The summed E-state index contributed by atoms with van der Waals surface area (Å²) >= 11 is 6.00. The molecule has 0 radical (unpaired) electrons. The summed E-state index contributed by atoms with van der Waals surface area (Å²) in [7, 11) is 1.67. The van der Waals surface area contributed by atoms with Gasteiger partial charge in [-0.2, -0.15) is 0 Å². The molecule has 16 heavy (non-hydrogen) atoms. The molecule has 0 saturated heterocycles. The molecule has 0 atom stereocenters. The van der Waals surface area contributed by atoms with Crippen molar-refractivity contribution >= 4 is 33.4 Å². The maximum atomic E-state index is 6.00. The summed E-state index contributed by atoms with van der Waals surface area (Å²) in [6, 6.07) is 11.8. The van der Waals surface area contributed by atoms with Gasteiger partial charge in [0.15, 0.2) is 0 Å². The number of ether oxygens (including phenoxy) is 1. The van der Waals surface area contributed by atoms with E-state index in [-0.39, 0.29) is 0 Å². The Hall–Kier alpha value is -1.67. The van der Waals surface area contributed by atoms with Crippen LogP contribution in [-0.2, 0) is 0 Å². The van der Waals surface area contributed by atoms with Crippen LogP contribution in [0.1, 0.15) is 0 Å². The van der Waals surface area contributed by atoms with E-state index in [2.05, 4.69) is 4.98 Å². The number of hydrogen-bond donors (Lipinski definition) is 1. The van der Waals surface area contributed by atoms with Crippen molar-refractivity contribution in [3.8, 4) is 5.75 Å². The highest BCUT2D eigenvalue weighted by molar-refractivity contribution is 6.31. The summed E-state index contributed by atoms with van der Waals surface area (Å²) in [5, 5.41) is 3.01. The number of methoxy groups -OCH3 is 1. The van der Waals surface area contributed by atoms with Crippen LogP contribution in [0.25, 0.3) is 21.8 Å². The zero-order valence-corrected chi connectivity index (χ0v) is 9.51. The summed E-state index contributed by atoms with van der Waals surface area (Å²) in [6.45, 7) is 0. The summed E-state index contributed by atoms with van der Waals surface area (Å²) in [6.07, 6.45) is 0. The van der Waals surface area contributed by atoms with E-state index in [9.17, 15) is 0 Å². The first-order valence-corrected chi connectivity index (χ1v) is 5.41. The highest BCUT2D eigenvalue weighted by Crippen LogP contribution is 2.30. The van der Waals surface area contributed by atoms with Crippen LogP contribution in [0.2, 0.25) is 5.02 Å². The van der Waals surface area contributed by atoms with Gasteiger partial charge in [-0.3, -0.25) is 0 Å². The number of fused-ring (bicyclic) bond motifs is 3. The molecule has 0 saturated carbocycles. The monoisotopic (exact) mass is 231 g/mol. The van der Waals surface area contributed by atoms with E-state index < -0.39 is 0 Å². The van der Waals surface area contributed by atoms with Crippen molar-refractivity contribution in [3.63, 3.8) is 0 Å². The van der Waals surface area contributed by atoms with E-state index in [1.54, 1.807) is 7.11 Å². The average molecular weight is 232 g/mol. The first-order chi connectivity index (χ1) is 7.78. The predicted molar refractivity (Wildman–Crippen MR) is 67.4 cm³/mol. The van der Waals surface area contributed by atoms with Crippen molar-refractivity contribution in [1.82, 2.24) is 4.98 Å². The third-order valence-corrected chi connectivity index (χ3v) is 3.00. The Labute approximate surface area is 97.8 Å². The molecule has 2 nitrogen and oxygen atoms in total. The molecule has 3 rings (SSSR count). The Morgan fingerprint density at radius 1 is 1.00 bits per heavy atom.